The molecule has 2 unspecified atom stereocenters. The molecule has 28 heavy (non-hydrogen) atoms. The monoisotopic (exact) mass is 399 g/mol. The molecular weight excluding hydrogens is 370 g/mol. The number of nitriles is 1. The number of ether oxygens (including phenoxy) is 1. The van der Waals surface area contributed by atoms with Crippen molar-refractivity contribution in [2.75, 3.05) is 13.7 Å². The van der Waals surface area contributed by atoms with Crippen LogP contribution in [0.1, 0.15) is 57.5 Å². The van der Waals surface area contributed by atoms with E-state index in [1.165, 1.54) is 0 Å². The number of pyridine rings is 1. The van der Waals surface area contributed by atoms with Crippen LogP contribution in [0.15, 0.2) is 42.6 Å². The molecule has 2 atom stereocenters. The highest BCUT2D eigenvalue weighted by Crippen LogP contribution is 2.34. The Morgan fingerprint density at radius 1 is 1.25 bits per heavy atom. The number of benzene rings is 1. The molecular formula is C22H29N3O2S. The van der Waals surface area contributed by atoms with E-state index >= 15 is 0 Å². The van der Waals surface area contributed by atoms with Crippen molar-refractivity contribution in [1.82, 2.24) is 9.29 Å². The molecule has 0 N–H and O–H groups in total. The lowest BCUT2D eigenvalue weighted by Gasteiger charge is -2.33. The maximum absolute atomic E-state index is 13.2. The van der Waals surface area contributed by atoms with Crippen LogP contribution in [0.4, 0.5) is 0 Å². The Morgan fingerprint density at radius 3 is 2.57 bits per heavy atom. The molecule has 5 nitrogen and oxygen atoms in total. The van der Waals surface area contributed by atoms with Crippen LogP contribution in [0.5, 0.6) is 5.75 Å². The highest BCUT2D eigenvalue weighted by Gasteiger charge is 2.32. The fraction of sp³-hybridized carbons (Fsp3) is 0.455. The van der Waals surface area contributed by atoms with Gasteiger partial charge < -0.3 is 4.74 Å². The molecule has 1 heterocycles. The number of hydrogen-bond acceptors (Lipinski definition) is 4. The van der Waals surface area contributed by atoms with Crippen LogP contribution in [0.2, 0.25) is 0 Å². The van der Waals surface area contributed by atoms with E-state index in [4.69, 9.17) is 4.74 Å². The molecule has 0 bridgehead atoms. The van der Waals surface area contributed by atoms with Gasteiger partial charge in [-0.2, -0.15) is 5.26 Å². The van der Waals surface area contributed by atoms with Crippen molar-refractivity contribution in [1.29, 1.82) is 5.26 Å². The molecule has 1 aromatic heterocycles. The fourth-order valence-electron chi connectivity index (χ4n) is 2.88. The van der Waals surface area contributed by atoms with E-state index in [2.05, 4.69) is 24.9 Å². The Balaban J connectivity index is 2.55. The molecule has 0 fully saturated rings. The topological polar surface area (TPSA) is 66.2 Å². The van der Waals surface area contributed by atoms with Gasteiger partial charge in [0.15, 0.2) is 0 Å². The first-order chi connectivity index (χ1) is 13.1. The van der Waals surface area contributed by atoms with Gasteiger partial charge in [0, 0.05) is 18.8 Å². The van der Waals surface area contributed by atoms with E-state index < -0.39 is 15.7 Å². The molecule has 0 saturated carbocycles. The molecule has 0 saturated heterocycles. The first-order valence-corrected chi connectivity index (χ1v) is 10.5. The summed E-state index contributed by atoms with van der Waals surface area (Å²) < 4.78 is 20.4. The zero-order valence-electron chi connectivity index (χ0n) is 17.5. The van der Waals surface area contributed by atoms with E-state index in [1.54, 1.807) is 16.6 Å². The van der Waals surface area contributed by atoms with Crippen LogP contribution < -0.4 is 4.74 Å². The second-order valence-corrected chi connectivity index (χ2v) is 10.4. The third kappa shape index (κ3) is 5.40. The van der Waals surface area contributed by atoms with Gasteiger partial charge in [0.2, 0.25) is 0 Å². The first-order valence-electron chi connectivity index (χ1n) is 9.37. The number of aromatic nitrogens is 1. The van der Waals surface area contributed by atoms with Gasteiger partial charge in [-0.05, 0) is 50.5 Å². The van der Waals surface area contributed by atoms with E-state index in [9.17, 15) is 9.47 Å². The number of nitrogens with zero attached hydrogens (tertiary/aromatic N) is 3. The molecule has 0 radical (unpaired) electrons. The van der Waals surface area contributed by atoms with Gasteiger partial charge in [0.1, 0.15) is 28.5 Å². The predicted octanol–water partition coefficient (Wildman–Crippen LogP) is 4.47. The lowest BCUT2D eigenvalue weighted by Crippen LogP contribution is -2.38. The standard InChI is InChI=1S/C22H29N3O2S/c1-16(2)15-27-18-10-7-9-17(13-18)21(25(6)28(26)22(3,4)5)19-11-8-12-24-20(19)14-23/h7-13,16,21H,15H2,1-6H3. The summed E-state index contributed by atoms with van der Waals surface area (Å²) >= 11 is 0. The number of hydrogen-bond donors (Lipinski definition) is 0. The second-order valence-electron chi connectivity index (χ2n) is 8.14. The van der Waals surface area contributed by atoms with Crippen LogP contribution in [-0.2, 0) is 11.0 Å². The summed E-state index contributed by atoms with van der Waals surface area (Å²) in [5.74, 6) is 1.17. The van der Waals surface area contributed by atoms with E-state index in [0.29, 0.717) is 18.2 Å². The minimum Gasteiger partial charge on any atom is -0.493 e. The Hall–Kier alpha value is -2.23. The predicted molar refractivity (Wildman–Crippen MR) is 113 cm³/mol. The summed E-state index contributed by atoms with van der Waals surface area (Å²) in [6.07, 6.45) is 1.60. The van der Waals surface area contributed by atoms with Crippen LogP contribution in [0.3, 0.4) is 0 Å². The highest BCUT2D eigenvalue weighted by atomic mass is 32.2. The average Bonchev–Trinajstić information content (AvgIpc) is 2.66. The summed E-state index contributed by atoms with van der Waals surface area (Å²) in [6, 6.07) is 13.2. The van der Waals surface area contributed by atoms with Crippen molar-refractivity contribution >= 4 is 11.0 Å². The largest absolute Gasteiger partial charge is 0.493 e. The normalized spacial score (nSPS) is 14.0. The SMILES string of the molecule is CC(C)COc1cccc(C(c2cccnc2C#N)N(C)S(=O)C(C)(C)C)c1. The van der Waals surface area contributed by atoms with Gasteiger partial charge in [0.25, 0.3) is 0 Å². The van der Waals surface area contributed by atoms with Gasteiger partial charge in [0.05, 0.1) is 17.4 Å². The Morgan fingerprint density at radius 2 is 1.96 bits per heavy atom. The van der Waals surface area contributed by atoms with Gasteiger partial charge in [-0.15, -0.1) is 0 Å². The summed E-state index contributed by atoms with van der Waals surface area (Å²) in [5.41, 5.74) is 1.97. The van der Waals surface area contributed by atoms with Crippen molar-refractivity contribution in [3.8, 4) is 11.8 Å². The lowest BCUT2D eigenvalue weighted by molar-refractivity contribution is 0.270. The third-order valence-electron chi connectivity index (χ3n) is 4.15. The zero-order valence-corrected chi connectivity index (χ0v) is 18.3. The summed E-state index contributed by atoms with van der Waals surface area (Å²) in [6.45, 7) is 10.6. The molecule has 0 aliphatic rings. The maximum atomic E-state index is 13.2. The van der Waals surface area contributed by atoms with E-state index in [-0.39, 0.29) is 6.04 Å². The average molecular weight is 400 g/mol. The van der Waals surface area contributed by atoms with Gasteiger partial charge >= 0.3 is 0 Å². The molecule has 150 valence electrons. The molecule has 0 aliphatic carbocycles. The molecule has 0 aliphatic heterocycles. The zero-order chi connectivity index (χ0) is 20.9. The molecule has 2 aromatic rings. The van der Waals surface area contributed by atoms with Gasteiger partial charge in [-0.1, -0.05) is 32.0 Å². The summed E-state index contributed by atoms with van der Waals surface area (Å²) in [4.78, 5) is 4.21. The lowest BCUT2D eigenvalue weighted by atomic mass is 9.97. The second kappa shape index (κ2) is 9.31. The quantitative estimate of drug-likeness (QED) is 0.689. The van der Waals surface area contributed by atoms with Crippen LogP contribution >= 0.6 is 0 Å². The molecule has 0 spiro atoms. The van der Waals surface area contributed by atoms with Crippen molar-refractivity contribution < 1.29 is 8.95 Å². The molecule has 6 heteroatoms. The Bertz CT molecular complexity index is 869. The summed E-state index contributed by atoms with van der Waals surface area (Å²) in [7, 11) is 0.536. The Kier molecular flexibility index (Phi) is 7.34. The molecule has 0 amide bonds. The van der Waals surface area contributed by atoms with Crippen molar-refractivity contribution in [3.05, 3.63) is 59.4 Å². The van der Waals surface area contributed by atoms with Crippen molar-refractivity contribution in [2.45, 2.75) is 45.4 Å². The maximum Gasteiger partial charge on any atom is 0.145 e. The van der Waals surface area contributed by atoms with Crippen LogP contribution in [-0.4, -0.2) is 31.9 Å². The third-order valence-corrected chi connectivity index (χ3v) is 5.93. The smallest absolute Gasteiger partial charge is 0.145 e. The van der Waals surface area contributed by atoms with Crippen LogP contribution in [0, 0.1) is 17.2 Å². The molecule has 2 rings (SSSR count). The first kappa shape index (κ1) is 22.1. The van der Waals surface area contributed by atoms with E-state index in [0.717, 1.165) is 16.9 Å². The minimum atomic E-state index is -1.29. The van der Waals surface area contributed by atoms with Crippen LogP contribution in [0.25, 0.3) is 0 Å². The number of rotatable bonds is 7. The Labute approximate surface area is 170 Å². The minimum absolute atomic E-state index is 0.332. The van der Waals surface area contributed by atoms with E-state index in [1.807, 2.05) is 58.2 Å². The fourth-order valence-corrected chi connectivity index (χ4v) is 4.17. The van der Waals surface area contributed by atoms with Gasteiger partial charge in [-0.3, -0.25) is 0 Å². The van der Waals surface area contributed by atoms with Gasteiger partial charge in [-0.25, -0.2) is 13.5 Å². The summed E-state index contributed by atoms with van der Waals surface area (Å²) in [5, 5.41) is 9.56. The van der Waals surface area contributed by atoms with Crippen molar-refractivity contribution in [2.24, 2.45) is 5.92 Å². The van der Waals surface area contributed by atoms with Crippen molar-refractivity contribution in [3.63, 3.8) is 0 Å². The molecule has 1 aromatic carbocycles. The highest BCUT2D eigenvalue weighted by molar-refractivity contribution is 7.84.